The summed E-state index contributed by atoms with van der Waals surface area (Å²) in [6.45, 7) is 1.41. The Morgan fingerprint density at radius 1 is 1.57 bits per heavy atom. The van der Waals surface area contributed by atoms with Gasteiger partial charge in [-0.1, -0.05) is 11.8 Å². The second-order valence-corrected chi connectivity index (χ2v) is 5.06. The Bertz CT molecular complexity index is 542. The van der Waals surface area contributed by atoms with E-state index in [0.717, 1.165) is 19.4 Å². The number of carbonyl (C=O) groups excluding carboxylic acids is 1. The van der Waals surface area contributed by atoms with Crippen LogP contribution in [0.15, 0.2) is 18.5 Å². The minimum atomic E-state index is -0.0798. The summed E-state index contributed by atoms with van der Waals surface area (Å²) in [4.78, 5) is 18.1. The highest BCUT2D eigenvalue weighted by Crippen LogP contribution is 2.14. The number of amides is 1. The van der Waals surface area contributed by atoms with Gasteiger partial charge in [0.2, 0.25) is 0 Å². The average molecular weight is 288 g/mol. The van der Waals surface area contributed by atoms with Gasteiger partial charge in [0.05, 0.1) is 18.3 Å². The van der Waals surface area contributed by atoms with E-state index in [2.05, 4.69) is 16.8 Å². The summed E-state index contributed by atoms with van der Waals surface area (Å²) in [5.41, 5.74) is 1.20. The molecule has 1 fully saturated rings. The molecule has 21 heavy (non-hydrogen) atoms. The van der Waals surface area contributed by atoms with Crippen molar-refractivity contribution < 1.29 is 14.6 Å². The van der Waals surface area contributed by atoms with E-state index < -0.39 is 0 Å². The van der Waals surface area contributed by atoms with E-state index >= 15 is 0 Å². The van der Waals surface area contributed by atoms with Crippen molar-refractivity contribution in [3.05, 3.63) is 29.6 Å². The maximum absolute atomic E-state index is 12.4. The fourth-order valence-electron chi connectivity index (χ4n) is 2.24. The van der Waals surface area contributed by atoms with Crippen LogP contribution in [0.25, 0.3) is 0 Å². The van der Waals surface area contributed by atoms with Crippen molar-refractivity contribution in [2.45, 2.75) is 25.4 Å². The molecule has 1 aromatic rings. The topological polar surface area (TPSA) is 62.7 Å². The summed E-state index contributed by atoms with van der Waals surface area (Å²) in [6, 6.07) is 1.73. The first kappa shape index (κ1) is 15.5. The smallest absolute Gasteiger partial charge is 0.255 e. The van der Waals surface area contributed by atoms with Crippen LogP contribution in [0.5, 0.6) is 0 Å². The SMILES string of the molecule is CN(CC1CCCO1)C(=O)c1cncc(C#CCCO)c1. The largest absolute Gasteiger partial charge is 0.395 e. The van der Waals surface area contributed by atoms with Gasteiger partial charge in [-0.15, -0.1) is 0 Å². The van der Waals surface area contributed by atoms with Gasteiger partial charge in [-0.05, 0) is 18.9 Å². The lowest BCUT2D eigenvalue weighted by Crippen LogP contribution is -2.34. The lowest BCUT2D eigenvalue weighted by atomic mass is 10.1. The van der Waals surface area contributed by atoms with Gasteiger partial charge in [0.1, 0.15) is 0 Å². The Labute approximate surface area is 124 Å². The van der Waals surface area contributed by atoms with E-state index in [9.17, 15) is 4.79 Å². The van der Waals surface area contributed by atoms with E-state index in [0.29, 0.717) is 24.1 Å². The molecule has 0 spiro atoms. The number of likely N-dealkylation sites (N-methyl/N-ethyl adjacent to an activating group) is 1. The molecule has 5 nitrogen and oxygen atoms in total. The van der Waals surface area contributed by atoms with Gasteiger partial charge >= 0.3 is 0 Å². The zero-order valence-electron chi connectivity index (χ0n) is 12.2. The van der Waals surface area contributed by atoms with Crippen molar-refractivity contribution in [2.75, 3.05) is 26.8 Å². The number of aliphatic hydroxyl groups is 1. The number of hydrogen-bond donors (Lipinski definition) is 1. The molecule has 0 aliphatic carbocycles. The van der Waals surface area contributed by atoms with Crippen LogP contribution in [-0.2, 0) is 4.74 Å². The second kappa shape index (κ2) is 7.77. The second-order valence-electron chi connectivity index (χ2n) is 5.06. The molecular weight excluding hydrogens is 268 g/mol. The molecule has 1 aliphatic rings. The van der Waals surface area contributed by atoms with Crippen LogP contribution >= 0.6 is 0 Å². The maximum atomic E-state index is 12.4. The highest BCUT2D eigenvalue weighted by Gasteiger charge is 2.21. The Morgan fingerprint density at radius 2 is 2.43 bits per heavy atom. The summed E-state index contributed by atoms with van der Waals surface area (Å²) in [5, 5.41) is 8.70. The number of hydrogen-bond acceptors (Lipinski definition) is 4. The quantitative estimate of drug-likeness (QED) is 0.842. The fourth-order valence-corrected chi connectivity index (χ4v) is 2.24. The van der Waals surface area contributed by atoms with E-state index in [1.807, 2.05) is 0 Å². The third kappa shape index (κ3) is 4.55. The number of rotatable bonds is 4. The van der Waals surface area contributed by atoms with Gasteiger partial charge < -0.3 is 14.7 Å². The first-order valence-electron chi connectivity index (χ1n) is 7.12. The van der Waals surface area contributed by atoms with Crippen LogP contribution in [0.3, 0.4) is 0 Å². The molecule has 1 aliphatic heterocycles. The molecule has 1 amide bonds. The number of aliphatic hydroxyl groups excluding tert-OH is 1. The molecule has 0 bridgehead atoms. The molecule has 1 atom stereocenters. The van der Waals surface area contributed by atoms with Crippen molar-refractivity contribution in [3.8, 4) is 11.8 Å². The molecule has 1 unspecified atom stereocenters. The molecule has 0 radical (unpaired) electrons. The van der Waals surface area contributed by atoms with E-state index in [1.165, 1.54) is 0 Å². The molecule has 112 valence electrons. The van der Waals surface area contributed by atoms with Crippen LogP contribution in [-0.4, -0.2) is 53.8 Å². The average Bonchev–Trinajstić information content (AvgIpc) is 3.00. The van der Waals surface area contributed by atoms with E-state index in [1.54, 1.807) is 30.4 Å². The normalized spacial score (nSPS) is 17.1. The van der Waals surface area contributed by atoms with Crippen LogP contribution in [0.1, 0.15) is 35.2 Å². The van der Waals surface area contributed by atoms with Crippen molar-refractivity contribution in [2.24, 2.45) is 0 Å². The van der Waals surface area contributed by atoms with Crippen molar-refractivity contribution in [1.29, 1.82) is 0 Å². The fraction of sp³-hybridized carbons (Fsp3) is 0.500. The molecular formula is C16H20N2O3. The number of pyridine rings is 1. The Hall–Kier alpha value is -1.90. The number of ether oxygens (including phenoxy) is 1. The summed E-state index contributed by atoms with van der Waals surface area (Å²) >= 11 is 0. The van der Waals surface area contributed by atoms with Crippen LogP contribution < -0.4 is 0 Å². The minimum absolute atomic E-state index is 0.0309. The third-order valence-corrected chi connectivity index (χ3v) is 3.30. The monoisotopic (exact) mass is 288 g/mol. The van der Waals surface area contributed by atoms with Crippen LogP contribution in [0.2, 0.25) is 0 Å². The zero-order valence-corrected chi connectivity index (χ0v) is 12.2. The molecule has 2 heterocycles. The van der Waals surface area contributed by atoms with E-state index in [4.69, 9.17) is 9.84 Å². The van der Waals surface area contributed by atoms with Gasteiger partial charge in [-0.2, -0.15) is 0 Å². The van der Waals surface area contributed by atoms with Gasteiger partial charge in [0.15, 0.2) is 0 Å². The molecule has 0 aromatic carbocycles. The maximum Gasteiger partial charge on any atom is 0.255 e. The summed E-state index contributed by atoms with van der Waals surface area (Å²) in [6.07, 6.45) is 5.77. The van der Waals surface area contributed by atoms with Crippen molar-refractivity contribution in [1.82, 2.24) is 9.88 Å². The number of carbonyl (C=O) groups is 1. The Morgan fingerprint density at radius 3 is 3.14 bits per heavy atom. The molecule has 5 heteroatoms. The number of aromatic nitrogens is 1. The predicted octanol–water partition coefficient (Wildman–Crippen LogP) is 1.07. The summed E-state index contributed by atoms with van der Waals surface area (Å²) in [7, 11) is 1.77. The van der Waals surface area contributed by atoms with Crippen LogP contribution in [0, 0.1) is 11.8 Å². The lowest BCUT2D eigenvalue weighted by Gasteiger charge is -2.20. The first-order chi connectivity index (χ1) is 10.2. The standard InChI is InChI=1S/C16H20N2O3/c1-18(12-15-6-4-8-21-15)16(20)14-9-13(10-17-11-14)5-2-3-7-19/h9-11,15,19H,3-4,6-8,12H2,1H3. The molecule has 0 saturated carbocycles. The van der Waals surface area contributed by atoms with Gasteiger partial charge in [-0.3, -0.25) is 9.78 Å². The highest BCUT2D eigenvalue weighted by molar-refractivity contribution is 5.94. The first-order valence-corrected chi connectivity index (χ1v) is 7.12. The third-order valence-electron chi connectivity index (χ3n) is 3.30. The Balaban J connectivity index is 2.01. The minimum Gasteiger partial charge on any atom is -0.395 e. The molecule has 1 N–H and O–H groups in total. The molecule has 1 aromatic heterocycles. The van der Waals surface area contributed by atoms with Gasteiger partial charge in [0, 0.05) is 44.6 Å². The van der Waals surface area contributed by atoms with Crippen LogP contribution in [0.4, 0.5) is 0 Å². The summed E-state index contributed by atoms with van der Waals surface area (Å²) in [5.74, 6) is 5.63. The molecule has 2 rings (SSSR count). The lowest BCUT2D eigenvalue weighted by molar-refractivity contribution is 0.0586. The van der Waals surface area contributed by atoms with Crippen molar-refractivity contribution >= 4 is 5.91 Å². The Kier molecular flexibility index (Phi) is 5.73. The van der Waals surface area contributed by atoms with Crippen molar-refractivity contribution in [3.63, 3.8) is 0 Å². The summed E-state index contributed by atoms with van der Waals surface area (Å²) < 4.78 is 5.54. The van der Waals surface area contributed by atoms with Gasteiger partial charge in [-0.25, -0.2) is 0 Å². The van der Waals surface area contributed by atoms with E-state index in [-0.39, 0.29) is 18.6 Å². The molecule has 1 saturated heterocycles. The predicted molar refractivity (Wildman–Crippen MR) is 78.8 cm³/mol. The van der Waals surface area contributed by atoms with Gasteiger partial charge in [0.25, 0.3) is 5.91 Å². The number of nitrogens with zero attached hydrogens (tertiary/aromatic N) is 2. The zero-order chi connectivity index (χ0) is 15.1. The highest BCUT2D eigenvalue weighted by atomic mass is 16.5.